The van der Waals surface area contributed by atoms with E-state index in [0.717, 1.165) is 6.42 Å². The highest BCUT2D eigenvalue weighted by molar-refractivity contribution is 5.87. The van der Waals surface area contributed by atoms with Crippen molar-refractivity contribution in [2.75, 3.05) is 6.54 Å². The molecule has 5 nitrogen and oxygen atoms in total. The van der Waals surface area contributed by atoms with Crippen molar-refractivity contribution < 1.29 is 9.59 Å². The minimum atomic E-state index is -0.502. The maximum absolute atomic E-state index is 11.5. The van der Waals surface area contributed by atoms with Crippen LogP contribution in [-0.2, 0) is 9.59 Å². The monoisotopic (exact) mass is 215 g/mol. The lowest BCUT2D eigenvalue weighted by Crippen LogP contribution is -2.47. The Morgan fingerprint density at radius 1 is 1.27 bits per heavy atom. The summed E-state index contributed by atoms with van der Waals surface area (Å²) < 4.78 is 0. The first-order valence-electron chi connectivity index (χ1n) is 5.31. The molecule has 0 saturated carbocycles. The van der Waals surface area contributed by atoms with Crippen LogP contribution in [0.5, 0.6) is 0 Å². The van der Waals surface area contributed by atoms with Gasteiger partial charge < -0.3 is 16.4 Å². The standard InChI is InChI=1S/C10H21N3O2/c1-4-7(2)12-10(15)8(3)13-9(14)5-6-11/h7-8H,4-6,11H2,1-3H3,(H,12,15)(H,13,14). The van der Waals surface area contributed by atoms with Gasteiger partial charge in [-0.15, -0.1) is 0 Å². The van der Waals surface area contributed by atoms with Crippen LogP contribution in [0.2, 0.25) is 0 Å². The molecule has 0 aliphatic rings. The molecular formula is C10H21N3O2. The first-order valence-corrected chi connectivity index (χ1v) is 5.31. The predicted octanol–water partition coefficient (Wildman–Crippen LogP) is -0.245. The van der Waals surface area contributed by atoms with Crippen LogP contribution >= 0.6 is 0 Å². The lowest BCUT2D eigenvalue weighted by Gasteiger charge is -2.17. The Bertz CT molecular complexity index is 219. The molecule has 0 aliphatic carbocycles. The van der Waals surface area contributed by atoms with E-state index in [2.05, 4.69) is 10.6 Å². The second-order valence-corrected chi connectivity index (χ2v) is 3.65. The number of amides is 2. The molecule has 0 heterocycles. The molecule has 2 unspecified atom stereocenters. The molecule has 2 atom stereocenters. The number of carbonyl (C=O) groups excluding carboxylic acids is 2. The van der Waals surface area contributed by atoms with Gasteiger partial charge in [-0.3, -0.25) is 9.59 Å². The topological polar surface area (TPSA) is 84.2 Å². The number of carbonyl (C=O) groups is 2. The van der Waals surface area contributed by atoms with Gasteiger partial charge in [-0.1, -0.05) is 6.92 Å². The zero-order chi connectivity index (χ0) is 11.8. The van der Waals surface area contributed by atoms with Crippen molar-refractivity contribution in [1.29, 1.82) is 0 Å². The Balaban J connectivity index is 3.93. The number of nitrogens with one attached hydrogen (secondary N) is 2. The molecule has 4 N–H and O–H groups in total. The number of hydrogen-bond acceptors (Lipinski definition) is 3. The molecule has 0 aromatic carbocycles. The van der Waals surface area contributed by atoms with Crippen molar-refractivity contribution in [2.45, 2.75) is 45.7 Å². The molecular weight excluding hydrogens is 194 g/mol. The molecule has 88 valence electrons. The smallest absolute Gasteiger partial charge is 0.242 e. The summed E-state index contributed by atoms with van der Waals surface area (Å²) in [6.45, 7) is 5.87. The van der Waals surface area contributed by atoms with Gasteiger partial charge in [-0.25, -0.2) is 0 Å². The maximum Gasteiger partial charge on any atom is 0.242 e. The van der Waals surface area contributed by atoms with Crippen LogP contribution in [0.25, 0.3) is 0 Å². The summed E-state index contributed by atoms with van der Waals surface area (Å²) in [6, 6.07) is -0.371. The molecule has 0 aromatic rings. The van der Waals surface area contributed by atoms with Crippen LogP contribution in [0, 0.1) is 0 Å². The molecule has 0 radical (unpaired) electrons. The van der Waals surface area contributed by atoms with Crippen molar-refractivity contribution in [2.24, 2.45) is 5.73 Å². The summed E-state index contributed by atoms with van der Waals surface area (Å²) in [5.74, 6) is -0.348. The molecule has 0 fully saturated rings. The fourth-order valence-corrected chi connectivity index (χ4v) is 0.980. The van der Waals surface area contributed by atoms with Gasteiger partial charge in [0.05, 0.1) is 0 Å². The first-order chi connectivity index (χ1) is 7.01. The third-order valence-corrected chi connectivity index (χ3v) is 2.14. The number of nitrogens with two attached hydrogens (primary N) is 1. The minimum Gasteiger partial charge on any atom is -0.352 e. The summed E-state index contributed by atoms with van der Waals surface area (Å²) in [7, 11) is 0. The minimum absolute atomic E-state index is 0.131. The van der Waals surface area contributed by atoms with E-state index in [-0.39, 0.29) is 24.3 Å². The van der Waals surface area contributed by atoms with E-state index in [9.17, 15) is 9.59 Å². The molecule has 0 saturated heterocycles. The third-order valence-electron chi connectivity index (χ3n) is 2.14. The van der Waals surface area contributed by atoms with E-state index in [0.29, 0.717) is 6.54 Å². The molecule has 15 heavy (non-hydrogen) atoms. The maximum atomic E-state index is 11.5. The normalized spacial score (nSPS) is 14.1. The van der Waals surface area contributed by atoms with Crippen LogP contribution in [0.1, 0.15) is 33.6 Å². The molecule has 2 amide bonds. The van der Waals surface area contributed by atoms with E-state index in [4.69, 9.17) is 5.73 Å². The second-order valence-electron chi connectivity index (χ2n) is 3.65. The summed E-state index contributed by atoms with van der Waals surface area (Å²) in [5, 5.41) is 5.37. The third kappa shape index (κ3) is 6.06. The van der Waals surface area contributed by atoms with E-state index >= 15 is 0 Å². The number of hydrogen-bond donors (Lipinski definition) is 3. The van der Waals surface area contributed by atoms with Crippen LogP contribution in [0.15, 0.2) is 0 Å². The summed E-state index contributed by atoms with van der Waals surface area (Å²) in [4.78, 5) is 22.6. The van der Waals surface area contributed by atoms with Crippen LogP contribution in [0.4, 0.5) is 0 Å². The van der Waals surface area contributed by atoms with Crippen molar-refractivity contribution in [1.82, 2.24) is 10.6 Å². The number of rotatable bonds is 6. The quantitative estimate of drug-likeness (QED) is 0.571. The predicted molar refractivity (Wildman–Crippen MR) is 59.2 cm³/mol. The molecule has 0 aromatic heterocycles. The fraction of sp³-hybridized carbons (Fsp3) is 0.800. The molecule has 0 bridgehead atoms. The second kappa shape index (κ2) is 7.23. The van der Waals surface area contributed by atoms with E-state index in [1.165, 1.54) is 0 Å². The van der Waals surface area contributed by atoms with Crippen molar-refractivity contribution in [3.63, 3.8) is 0 Å². The zero-order valence-electron chi connectivity index (χ0n) is 9.67. The van der Waals surface area contributed by atoms with Crippen molar-refractivity contribution >= 4 is 11.8 Å². The SMILES string of the molecule is CCC(C)NC(=O)C(C)NC(=O)CCN. The van der Waals surface area contributed by atoms with Gasteiger partial charge >= 0.3 is 0 Å². The summed E-state index contributed by atoms with van der Waals surface area (Å²) in [6.07, 6.45) is 1.12. The zero-order valence-corrected chi connectivity index (χ0v) is 9.67. The van der Waals surface area contributed by atoms with E-state index in [1.807, 2.05) is 13.8 Å². The Morgan fingerprint density at radius 2 is 1.87 bits per heavy atom. The largest absolute Gasteiger partial charge is 0.352 e. The van der Waals surface area contributed by atoms with Gasteiger partial charge in [-0.2, -0.15) is 0 Å². The highest BCUT2D eigenvalue weighted by atomic mass is 16.2. The van der Waals surface area contributed by atoms with Gasteiger partial charge in [0.15, 0.2) is 0 Å². The van der Waals surface area contributed by atoms with Gasteiger partial charge in [0.2, 0.25) is 11.8 Å². The van der Waals surface area contributed by atoms with Gasteiger partial charge in [0.1, 0.15) is 6.04 Å². The average Bonchev–Trinajstić information content (AvgIpc) is 2.17. The Hall–Kier alpha value is -1.10. The summed E-state index contributed by atoms with van der Waals surface area (Å²) in [5.41, 5.74) is 5.22. The Kier molecular flexibility index (Phi) is 6.70. The lowest BCUT2D eigenvalue weighted by molar-refractivity contribution is -0.128. The Morgan fingerprint density at radius 3 is 2.33 bits per heavy atom. The van der Waals surface area contributed by atoms with Gasteiger partial charge in [-0.05, 0) is 20.3 Å². The van der Waals surface area contributed by atoms with Crippen LogP contribution in [0.3, 0.4) is 0 Å². The van der Waals surface area contributed by atoms with Crippen molar-refractivity contribution in [3.05, 3.63) is 0 Å². The van der Waals surface area contributed by atoms with Gasteiger partial charge in [0.25, 0.3) is 0 Å². The van der Waals surface area contributed by atoms with Crippen LogP contribution < -0.4 is 16.4 Å². The molecule has 0 spiro atoms. The average molecular weight is 215 g/mol. The molecule has 0 rings (SSSR count). The Labute approximate surface area is 90.8 Å². The lowest BCUT2D eigenvalue weighted by atomic mass is 10.2. The van der Waals surface area contributed by atoms with E-state index in [1.54, 1.807) is 6.92 Å². The molecule has 0 aliphatic heterocycles. The van der Waals surface area contributed by atoms with E-state index < -0.39 is 6.04 Å². The van der Waals surface area contributed by atoms with Crippen molar-refractivity contribution in [3.8, 4) is 0 Å². The fourth-order valence-electron chi connectivity index (χ4n) is 0.980. The highest BCUT2D eigenvalue weighted by Crippen LogP contribution is 1.91. The van der Waals surface area contributed by atoms with Gasteiger partial charge in [0, 0.05) is 19.0 Å². The first kappa shape index (κ1) is 13.9. The highest BCUT2D eigenvalue weighted by Gasteiger charge is 2.15. The summed E-state index contributed by atoms with van der Waals surface area (Å²) >= 11 is 0. The van der Waals surface area contributed by atoms with Crippen LogP contribution in [-0.4, -0.2) is 30.4 Å². The molecule has 5 heteroatoms.